The quantitative estimate of drug-likeness (QED) is 0.146. The van der Waals surface area contributed by atoms with Gasteiger partial charge in [-0.05, 0) is 73.2 Å². The summed E-state index contributed by atoms with van der Waals surface area (Å²) in [5, 5.41) is 21.4. The number of nitrogens with one attached hydrogen (secondary N) is 4. The molecule has 0 saturated heterocycles. The fourth-order valence-electron chi connectivity index (χ4n) is 4.90. The van der Waals surface area contributed by atoms with Crippen LogP contribution in [0.4, 0.5) is 0 Å². The SMILES string of the molecule is NCCC[C@H](NC(=O)[C@@H]1Cc2cccc(c2)-c2ccc(O)c(c2)C[C@H](N)C(=O)N[C@@H](CCCN)C(=O)N1)C(=O)NCCN. The number of fused-ring (bicyclic) bond motifs is 5. The molecule has 3 rings (SSSR count). The molecule has 4 amide bonds. The van der Waals surface area contributed by atoms with Crippen molar-refractivity contribution in [1.82, 2.24) is 21.3 Å². The standard InChI is InChI=1S/C30H44N8O5/c31-10-2-6-23(28(41)35-13-12-33)37-30(43)25-15-18-4-1-5-19(14-18)20-8-9-26(39)21(16-20)17-22(34)27(40)36-24(7-3-11-32)29(42)38-25/h1,4-5,8-9,14,16,22-25,39H,2-3,6-7,10-13,15,17,31-34H2,(H,35,41)(H,36,40)(H,37,43)(H,38,42)/t22-,23-,24-,25-/m0/s1. The number of carbonyl (C=O) groups is 4. The van der Waals surface area contributed by atoms with Gasteiger partial charge in [0, 0.05) is 25.9 Å². The smallest absolute Gasteiger partial charge is 0.243 e. The Labute approximate surface area is 251 Å². The average molecular weight is 597 g/mol. The lowest BCUT2D eigenvalue weighted by Gasteiger charge is -2.26. The molecule has 13 nitrogen and oxygen atoms in total. The van der Waals surface area contributed by atoms with Crippen LogP contribution in [-0.4, -0.2) is 79.1 Å². The third-order valence-electron chi connectivity index (χ3n) is 7.29. The average Bonchev–Trinajstić information content (AvgIpc) is 3.00. The van der Waals surface area contributed by atoms with E-state index in [0.29, 0.717) is 31.4 Å². The van der Waals surface area contributed by atoms with Gasteiger partial charge in [-0.1, -0.05) is 30.3 Å². The second-order valence-corrected chi connectivity index (χ2v) is 10.7. The fourth-order valence-corrected chi connectivity index (χ4v) is 4.90. The summed E-state index contributed by atoms with van der Waals surface area (Å²) in [4.78, 5) is 53.1. The number of hydrogen-bond donors (Lipinski definition) is 9. The van der Waals surface area contributed by atoms with Crippen LogP contribution in [0.1, 0.15) is 36.8 Å². The molecule has 234 valence electrons. The van der Waals surface area contributed by atoms with Gasteiger partial charge >= 0.3 is 0 Å². The maximum Gasteiger partial charge on any atom is 0.243 e. The zero-order valence-electron chi connectivity index (χ0n) is 24.3. The van der Waals surface area contributed by atoms with Gasteiger partial charge in [0.1, 0.15) is 23.9 Å². The van der Waals surface area contributed by atoms with Gasteiger partial charge in [-0.25, -0.2) is 0 Å². The summed E-state index contributed by atoms with van der Waals surface area (Å²) in [7, 11) is 0. The summed E-state index contributed by atoms with van der Waals surface area (Å²) < 4.78 is 0. The maximum absolute atomic E-state index is 13.7. The van der Waals surface area contributed by atoms with E-state index in [-0.39, 0.29) is 44.6 Å². The van der Waals surface area contributed by atoms with Gasteiger partial charge in [-0.2, -0.15) is 0 Å². The highest BCUT2D eigenvalue weighted by Crippen LogP contribution is 2.28. The Balaban J connectivity index is 2.01. The molecule has 4 bridgehead atoms. The first-order valence-corrected chi connectivity index (χ1v) is 14.6. The highest BCUT2D eigenvalue weighted by Gasteiger charge is 2.31. The molecule has 0 radical (unpaired) electrons. The van der Waals surface area contributed by atoms with Crippen LogP contribution in [0.3, 0.4) is 0 Å². The lowest BCUT2D eigenvalue weighted by atomic mass is 9.96. The van der Waals surface area contributed by atoms with Gasteiger partial charge in [0.05, 0.1) is 6.04 Å². The van der Waals surface area contributed by atoms with E-state index >= 15 is 0 Å². The lowest BCUT2D eigenvalue weighted by molar-refractivity contribution is -0.134. The minimum Gasteiger partial charge on any atom is -0.508 e. The number of phenolic OH excluding ortho intramolecular Hbond substituents is 1. The van der Waals surface area contributed by atoms with Crippen LogP contribution in [0, 0.1) is 0 Å². The van der Waals surface area contributed by atoms with Crippen molar-refractivity contribution < 1.29 is 24.3 Å². The molecule has 0 fully saturated rings. The number of aromatic hydroxyl groups is 1. The fraction of sp³-hybridized carbons (Fsp3) is 0.467. The van der Waals surface area contributed by atoms with E-state index < -0.39 is 47.8 Å². The summed E-state index contributed by atoms with van der Waals surface area (Å²) in [5.74, 6) is -2.14. The third-order valence-corrected chi connectivity index (χ3v) is 7.29. The second kappa shape index (κ2) is 16.6. The van der Waals surface area contributed by atoms with E-state index in [9.17, 15) is 24.3 Å². The Morgan fingerprint density at radius 2 is 1.67 bits per heavy atom. The van der Waals surface area contributed by atoms with Crippen molar-refractivity contribution in [1.29, 1.82) is 0 Å². The minimum atomic E-state index is -1.09. The first-order valence-electron chi connectivity index (χ1n) is 14.6. The largest absolute Gasteiger partial charge is 0.508 e. The monoisotopic (exact) mass is 596 g/mol. The molecule has 1 aliphatic rings. The van der Waals surface area contributed by atoms with Gasteiger partial charge < -0.3 is 49.3 Å². The number of benzene rings is 2. The first-order chi connectivity index (χ1) is 20.7. The molecular formula is C30H44N8O5. The number of hydrogen-bond acceptors (Lipinski definition) is 9. The maximum atomic E-state index is 13.7. The highest BCUT2D eigenvalue weighted by atomic mass is 16.3. The van der Waals surface area contributed by atoms with Crippen LogP contribution in [0.5, 0.6) is 5.75 Å². The van der Waals surface area contributed by atoms with Crippen molar-refractivity contribution in [2.75, 3.05) is 26.2 Å². The summed E-state index contributed by atoms with van der Waals surface area (Å²) in [6, 6.07) is 8.44. The number of carbonyl (C=O) groups excluding carboxylic acids is 4. The van der Waals surface area contributed by atoms with Gasteiger partial charge in [-0.15, -0.1) is 0 Å². The number of rotatable bonds is 11. The molecule has 0 aromatic heterocycles. The van der Waals surface area contributed by atoms with Crippen LogP contribution in [0.15, 0.2) is 42.5 Å². The van der Waals surface area contributed by atoms with E-state index in [1.165, 1.54) is 0 Å². The topological polar surface area (TPSA) is 241 Å². The Kier molecular flexibility index (Phi) is 12.9. The van der Waals surface area contributed by atoms with Crippen LogP contribution >= 0.6 is 0 Å². The van der Waals surface area contributed by atoms with Crippen LogP contribution in [-0.2, 0) is 32.0 Å². The zero-order chi connectivity index (χ0) is 31.4. The molecule has 0 unspecified atom stereocenters. The van der Waals surface area contributed by atoms with E-state index in [4.69, 9.17) is 22.9 Å². The minimum absolute atomic E-state index is 0.00122. The normalized spacial score (nSPS) is 19.7. The van der Waals surface area contributed by atoms with Crippen LogP contribution in [0.2, 0.25) is 0 Å². The van der Waals surface area contributed by atoms with Crippen molar-refractivity contribution in [2.45, 2.75) is 62.7 Å². The van der Waals surface area contributed by atoms with E-state index in [1.54, 1.807) is 18.2 Å². The van der Waals surface area contributed by atoms with E-state index in [2.05, 4.69) is 21.3 Å². The summed E-state index contributed by atoms with van der Waals surface area (Å²) in [5.41, 5.74) is 25.9. The Morgan fingerprint density at radius 3 is 2.40 bits per heavy atom. The van der Waals surface area contributed by atoms with Gasteiger partial charge in [0.25, 0.3) is 0 Å². The van der Waals surface area contributed by atoms with Gasteiger partial charge in [0.15, 0.2) is 0 Å². The van der Waals surface area contributed by atoms with Crippen molar-refractivity contribution in [3.05, 3.63) is 53.6 Å². The molecule has 0 aliphatic carbocycles. The third kappa shape index (κ3) is 9.75. The Hall–Kier alpha value is -4.04. The molecule has 2 aromatic carbocycles. The molecule has 4 atom stereocenters. The van der Waals surface area contributed by atoms with Crippen molar-refractivity contribution in [3.63, 3.8) is 0 Å². The molecular weight excluding hydrogens is 552 g/mol. The number of amides is 4. The highest BCUT2D eigenvalue weighted by molar-refractivity contribution is 5.95. The van der Waals surface area contributed by atoms with Crippen LogP contribution in [0.25, 0.3) is 11.1 Å². The number of nitrogens with two attached hydrogens (primary N) is 4. The van der Waals surface area contributed by atoms with Crippen molar-refractivity contribution in [3.8, 4) is 16.9 Å². The summed E-state index contributed by atoms with van der Waals surface area (Å²) in [6.45, 7) is 1.09. The second-order valence-electron chi connectivity index (χ2n) is 10.7. The lowest BCUT2D eigenvalue weighted by Crippen LogP contribution is -2.58. The molecule has 0 spiro atoms. The molecule has 0 saturated carbocycles. The molecule has 1 heterocycles. The van der Waals surface area contributed by atoms with Crippen LogP contribution < -0.4 is 44.2 Å². The molecule has 1 aliphatic heterocycles. The van der Waals surface area contributed by atoms with E-state index in [0.717, 1.165) is 16.7 Å². The number of phenols is 1. The van der Waals surface area contributed by atoms with Gasteiger partial charge in [-0.3, -0.25) is 19.2 Å². The summed E-state index contributed by atoms with van der Waals surface area (Å²) >= 11 is 0. The molecule has 43 heavy (non-hydrogen) atoms. The first kappa shape index (κ1) is 33.5. The predicted molar refractivity (Wildman–Crippen MR) is 163 cm³/mol. The Bertz CT molecular complexity index is 1270. The van der Waals surface area contributed by atoms with E-state index in [1.807, 2.05) is 24.3 Å². The summed E-state index contributed by atoms with van der Waals surface area (Å²) in [6.07, 6.45) is 1.57. The molecule has 13 heteroatoms. The Morgan fingerprint density at radius 1 is 0.930 bits per heavy atom. The zero-order valence-corrected chi connectivity index (χ0v) is 24.3. The molecule has 2 aromatic rings. The van der Waals surface area contributed by atoms with Gasteiger partial charge in [0.2, 0.25) is 23.6 Å². The van der Waals surface area contributed by atoms with Crippen molar-refractivity contribution >= 4 is 23.6 Å². The predicted octanol–water partition coefficient (Wildman–Crippen LogP) is -1.51. The molecule has 13 N–H and O–H groups in total. The van der Waals surface area contributed by atoms with Crippen molar-refractivity contribution in [2.24, 2.45) is 22.9 Å².